The molecule has 0 aliphatic heterocycles. The summed E-state index contributed by atoms with van der Waals surface area (Å²) in [5.41, 5.74) is 3.51. The summed E-state index contributed by atoms with van der Waals surface area (Å²) in [5, 5.41) is 15.7. The van der Waals surface area contributed by atoms with E-state index in [0.29, 0.717) is 29.6 Å². The zero-order chi connectivity index (χ0) is 24.1. The number of ether oxygens (including phenoxy) is 3. The number of carbonyl (C=O) groups is 1. The van der Waals surface area contributed by atoms with Gasteiger partial charge in [-0.15, -0.1) is 15.3 Å². The summed E-state index contributed by atoms with van der Waals surface area (Å²) in [6.45, 7) is 6.22. The molecule has 2 heterocycles. The SMILES string of the molecule is COc1ccc(-c2nnc3ccc(OCCNC(=O)C(C)Oc4cc(C)ccc4C)nn23)cc1. The number of nitrogens with zero attached hydrogens (tertiary/aromatic N) is 4. The van der Waals surface area contributed by atoms with E-state index >= 15 is 0 Å². The minimum Gasteiger partial charge on any atom is -0.497 e. The van der Waals surface area contributed by atoms with Crippen molar-refractivity contribution in [2.45, 2.75) is 26.9 Å². The first-order valence-electron chi connectivity index (χ1n) is 11.0. The van der Waals surface area contributed by atoms with Gasteiger partial charge in [-0.3, -0.25) is 4.79 Å². The number of aromatic nitrogens is 4. The van der Waals surface area contributed by atoms with E-state index in [1.807, 2.05) is 56.3 Å². The fourth-order valence-electron chi connectivity index (χ4n) is 3.32. The number of nitrogens with one attached hydrogen (secondary N) is 1. The van der Waals surface area contributed by atoms with Gasteiger partial charge in [-0.1, -0.05) is 12.1 Å². The number of fused-ring (bicyclic) bond motifs is 1. The lowest BCUT2D eigenvalue weighted by Crippen LogP contribution is -2.38. The number of methoxy groups -OCH3 is 1. The summed E-state index contributed by atoms with van der Waals surface area (Å²) in [6.07, 6.45) is -0.626. The molecule has 1 amide bonds. The third kappa shape index (κ3) is 5.25. The van der Waals surface area contributed by atoms with Gasteiger partial charge in [0.1, 0.15) is 18.1 Å². The van der Waals surface area contributed by atoms with Crippen LogP contribution in [0.15, 0.2) is 54.6 Å². The average Bonchev–Trinajstić information content (AvgIpc) is 3.27. The van der Waals surface area contributed by atoms with Crippen molar-refractivity contribution >= 4 is 11.6 Å². The fourth-order valence-corrected chi connectivity index (χ4v) is 3.32. The summed E-state index contributed by atoms with van der Waals surface area (Å²) in [4.78, 5) is 12.4. The first-order valence-corrected chi connectivity index (χ1v) is 11.0. The molecule has 4 rings (SSSR count). The molecular formula is C25H27N5O4. The lowest BCUT2D eigenvalue weighted by atomic mass is 10.1. The van der Waals surface area contributed by atoms with E-state index < -0.39 is 6.10 Å². The Kier molecular flexibility index (Phi) is 6.91. The van der Waals surface area contributed by atoms with E-state index in [2.05, 4.69) is 20.6 Å². The van der Waals surface area contributed by atoms with Gasteiger partial charge in [0.2, 0.25) is 5.88 Å². The zero-order valence-electron chi connectivity index (χ0n) is 19.6. The second-order valence-electron chi connectivity index (χ2n) is 7.86. The maximum absolute atomic E-state index is 12.4. The number of hydrogen-bond acceptors (Lipinski definition) is 7. The summed E-state index contributed by atoms with van der Waals surface area (Å²) in [6, 6.07) is 16.9. The second kappa shape index (κ2) is 10.2. The third-order valence-corrected chi connectivity index (χ3v) is 5.25. The maximum Gasteiger partial charge on any atom is 0.260 e. The summed E-state index contributed by atoms with van der Waals surface area (Å²) < 4.78 is 18.4. The van der Waals surface area contributed by atoms with E-state index in [0.717, 1.165) is 22.4 Å². The topological polar surface area (TPSA) is 99.9 Å². The largest absolute Gasteiger partial charge is 0.497 e. The van der Waals surface area contributed by atoms with Crippen LogP contribution in [0, 0.1) is 13.8 Å². The van der Waals surface area contributed by atoms with Gasteiger partial charge in [-0.25, -0.2) is 0 Å². The maximum atomic E-state index is 12.4. The van der Waals surface area contributed by atoms with Crippen molar-refractivity contribution in [3.63, 3.8) is 0 Å². The van der Waals surface area contributed by atoms with E-state index in [4.69, 9.17) is 14.2 Å². The second-order valence-corrected chi connectivity index (χ2v) is 7.86. The van der Waals surface area contributed by atoms with E-state index in [1.54, 1.807) is 30.7 Å². The Morgan fingerprint density at radius 1 is 1.06 bits per heavy atom. The van der Waals surface area contributed by atoms with Gasteiger partial charge in [0.15, 0.2) is 17.6 Å². The molecule has 0 fully saturated rings. The van der Waals surface area contributed by atoms with Crippen LogP contribution in [-0.2, 0) is 4.79 Å². The predicted molar refractivity (Wildman–Crippen MR) is 127 cm³/mol. The van der Waals surface area contributed by atoms with Gasteiger partial charge in [0, 0.05) is 11.6 Å². The van der Waals surface area contributed by atoms with Crippen molar-refractivity contribution in [3.8, 4) is 28.8 Å². The monoisotopic (exact) mass is 461 g/mol. The van der Waals surface area contributed by atoms with E-state index in [-0.39, 0.29) is 12.5 Å². The molecule has 0 aliphatic carbocycles. The van der Waals surface area contributed by atoms with Gasteiger partial charge >= 0.3 is 0 Å². The van der Waals surface area contributed by atoms with Crippen LogP contribution in [0.5, 0.6) is 17.4 Å². The van der Waals surface area contributed by atoms with E-state index in [1.165, 1.54) is 0 Å². The van der Waals surface area contributed by atoms with Crippen molar-refractivity contribution < 1.29 is 19.0 Å². The average molecular weight is 462 g/mol. The molecule has 9 nitrogen and oxygen atoms in total. The molecule has 0 spiro atoms. The third-order valence-electron chi connectivity index (χ3n) is 5.25. The zero-order valence-corrected chi connectivity index (χ0v) is 19.6. The predicted octanol–water partition coefficient (Wildman–Crippen LogP) is 3.38. The van der Waals surface area contributed by atoms with Crippen molar-refractivity contribution in [1.82, 2.24) is 25.1 Å². The molecule has 34 heavy (non-hydrogen) atoms. The van der Waals surface area contributed by atoms with Crippen LogP contribution < -0.4 is 19.5 Å². The minimum absolute atomic E-state index is 0.214. The number of hydrogen-bond donors (Lipinski definition) is 1. The molecule has 2 aromatic carbocycles. The lowest BCUT2D eigenvalue weighted by molar-refractivity contribution is -0.127. The van der Waals surface area contributed by atoms with Crippen molar-refractivity contribution in [2.75, 3.05) is 20.3 Å². The number of amides is 1. The Morgan fingerprint density at radius 2 is 1.85 bits per heavy atom. The summed E-state index contributed by atoms with van der Waals surface area (Å²) in [5.74, 6) is 2.24. The first kappa shape index (κ1) is 23.0. The highest BCUT2D eigenvalue weighted by Gasteiger charge is 2.16. The fraction of sp³-hybridized carbons (Fsp3) is 0.280. The first-order chi connectivity index (χ1) is 16.4. The Morgan fingerprint density at radius 3 is 2.62 bits per heavy atom. The van der Waals surface area contributed by atoms with Gasteiger partial charge in [-0.2, -0.15) is 4.52 Å². The lowest BCUT2D eigenvalue weighted by Gasteiger charge is -2.16. The molecule has 0 saturated heterocycles. The molecule has 0 radical (unpaired) electrons. The van der Waals surface area contributed by atoms with Crippen LogP contribution in [-0.4, -0.2) is 52.1 Å². The van der Waals surface area contributed by atoms with Crippen LogP contribution in [0.1, 0.15) is 18.1 Å². The molecule has 2 aromatic heterocycles. The highest BCUT2D eigenvalue weighted by Crippen LogP contribution is 2.22. The van der Waals surface area contributed by atoms with Gasteiger partial charge in [0.25, 0.3) is 5.91 Å². The normalized spacial score (nSPS) is 11.8. The van der Waals surface area contributed by atoms with Crippen LogP contribution >= 0.6 is 0 Å². The molecular weight excluding hydrogens is 434 g/mol. The van der Waals surface area contributed by atoms with Gasteiger partial charge < -0.3 is 19.5 Å². The Bertz CT molecular complexity index is 1290. The van der Waals surface area contributed by atoms with Crippen LogP contribution in [0.25, 0.3) is 17.0 Å². The molecule has 1 atom stereocenters. The van der Waals surface area contributed by atoms with Crippen molar-refractivity contribution in [1.29, 1.82) is 0 Å². The van der Waals surface area contributed by atoms with Gasteiger partial charge in [0.05, 0.1) is 13.7 Å². The van der Waals surface area contributed by atoms with Crippen molar-refractivity contribution in [2.24, 2.45) is 0 Å². The highest BCUT2D eigenvalue weighted by atomic mass is 16.5. The minimum atomic E-state index is -0.626. The molecule has 9 heteroatoms. The molecule has 1 unspecified atom stereocenters. The number of aryl methyl sites for hydroxylation is 2. The standard InChI is InChI=1S/C25H27N5O4/c1-16-5-6-17(2)21(15-16)34-18(3)25(31)26-13-14-33-23-12-11-22-27-28-24(30(22)29-23)19-7-9-20(32-4)10-8-19/h5-12,15,18H,13-14H2,1-4H3,(H,26,31). The molecule has 4 aromatic rings. The molecule has 1 N–H and O–H groups in total. The smallest absolute Gasteiger partial charge is 0.260 e. The Labute approximate surface area is 197 Å². The molecule has 0 bridgehead atoms. The number of carbonyl (C=O) groups excluding carboxylic acids is 1. The molecule has 176 valence electrons. The summed E-state index contributed by atoms with van der Waals surface area (Å²) in [7, 11) is 1.62. The van der Waals surface area contributed by atoms with Crippen LogP contribution in [0.3, 0.4) is 0 Å². The van der Waals surface area contributed by atoms with Crippen LogP contribution in [0.4, 0.5) is 0 Å². The number of rotatable bonds is 9. The molecule has 0 aliphatic rings. The quantitative estimate of drug-likeness (QED) is 0.382. The Balaban J connectivity index is 1.32. The van der Waals surface area contributed by atoms with E-state index in [9.17, 15) is 4.79 Å². The highest BCUT2D eigenvalue weighted by molar-refractivity contribution is 5.80. The Hall–Kier alpha value is -4.14. The number of benzene rings is 2. The molecule has 0 saturated carbocycles. The van der Waals surface area contributed by atoms with Crippen LogP contribution in [0.2, 0.25) is 0 Å². The van der Waals surface area contributed by atoms with Gasteiger partial charge in [-0.05, 0) is 68.3 Å². The van der Waals surface area contributed by atoms with Crippen molar-refractivity contribution in [3.05, 3.63) is 65.7 Å². The summed E-state index contributed by atoms with van der Waals surface area (Å²) >= 11 is 0.